The van der Waals surface area contributed by atoms with Gasteiger partial charge in [-0.15, -0.1) is 0 Å². The monoisotopic (exact) mass is 220 g/mol. The molecule has 16 heavy (non-hydrogen) atoms. The number of benzene rings is 1. The van der Waals surface area contributed by atoms with Gasteiger partial charge in [0.05, 0.1) is 5.56 Å². The predicted octanol–water partition coefficient (Wildman–Crippen LogP) is 2.15. The lowest BCUT2D eigenvalue weighted by Gasteiger charge is -2.02. The quantitative estimate of drug-likeness (QED) is 0.578. The minimum absolute atomic E-state index is 0.201. The average Bonchev–Trinajstić information content (AvgIpc) is 2.76. The molecule has 0 atom stereocenters. The van der Waals surface area contributed by atoms with E-state index in [-0.39, 0.29) is 19.4 Å². The third-order valence-electron chi connectivity index (χ3n) is 2.15. The van der Waals surface area contributed by atoms with E-state index in [1.807, 2.05) is 13.0 Å². The molecule has 0 aliphatic carbocycles. The lowest BCUT2D eigenvalue weighted by molar-refractivity contribution is 0.0549. The molecule has 0 bridgehead atoms. The van der Waals surface area contributed by atoms with Gasteiger partial charge < -0.3 is 14.2 Å². The summed E-state index contributed by atoms with van der Waals surface area (Å²) in [6, 6.07) is 4.99. The summed E-state index contributed by atoms with van der Waals surface area (Å²) in [7, 11) is 0. The second-order valence-corrected chi connectivity index (χ2v) is 3.24. The molecule has 1 aromatic carbocycles. The molecule has 2 rings (SSSR count). The first-order valence-corrected chi connectivity index (χ1v) is 4.99. The Kier molecular flexibility index (Phi) is 3.10. The zero-order chi connectivity index (χ0) is 11.4. The average molecular weight is 220 g/mol. The number of fused-ring (bicyclic) bond motifs is 1. The van der Waals surface area contributed by atoms with E-state index in [1.54, 1.807) is 24.3 Å². The minimum Gasteiger partial charge on any atom is -0.458 e. The highest BCUT2D eigenvalue weighted by atomic mass is 16.7. The maximum absolute atomic E-state index is 11.6. The Hall–Kier alpha value is -1.97. The molecule has 1 heterocycles. The summed E-state index contributed by atoms with van der Waals surface area (Å²) in [4.78, 5) is 11.6. The van der Waals surface area contributed by atoms with E-state index in [0.717, 1.165) is 0 Å². The molecule has 0 saturated heterocycles. The topological polar surface area (TPSA) is 44.8 Å². The summed E-state index contributed by atoms with van der Waals surface area (Å²) in [6.07, 6.45) is 3.60. The van der Waals surface area contributed by atoms with E-state index in [1.165, 1.54) is 0 Å². The Bertz CT molecular complexity index is 423. The molecule has 1 aliphatic rings. The fourth-order valence-corrected chi connectivity index (χ4v) is 1.33. The highest BCUT2D eigenvalue weighted by Crippen LogP contribution is 2.32. The van der Waals surface area contributed by atoms with E-state index in [4.69, 9.17) is 14.2 Å². The van der Waals surface area contributed by atoms with Crippen LogP contribution in [-0.2, 0) is 4.74 Å². The van der Waals surface area contributed by atoms with Crippen LogP contribution < -0.4 is 9.47 Å². The Morgan fingerprint density at radius 3 is 3.06 bits per heavy atom. The Morgan fingerprint density at radius 1 is 1.44 bits per heavy atom. The van der Waals surface area contributed by atoms with Crippen molar-refractivity contribution < 1.29 is 19.0 Å². The summed E-state index contributed by atoms with van der Waals surface area (Å²) in [5.41, 5.74) is 0.466. The number of ether oxygens (including phenoxy) is 3. The molecule has 0 saturated carbocycles. The van der Waals surface area contributed by atoms with Gasteiger partial charge >= 0.3 is 5.97 Å². The second-order valence-electron chi connectivity index (χ2n) is 3.24. The van der Waals surface area contributed by atoms with E-state index < -0.39 is 0 Å². The summed E-state index contributed by atoms with van der Waals surface area (Å²) < 4.78 is 15.3. The molecule has 0 radical (unpaired) electrons. The summed E-state index contributed by atoms with van der Waals surface area (Å²) in [5, 5.41) is 0. The van der Waals surface area contributed by atoms with Crippen LogP contribution in [0.1, 0.15) is 17.3 Å². The normalized spacial score (nSPS) is 13.1. The Balaban J connectivity index is 2.06. The molecule has 0 spiro atoms. The van der Waals surface area contributed by atoms with Crippen LogP contribution in [0.25, 0.3) is 0 Å². The van der Waals surface area contributed by atoms with Crippen LogP contribution in [0.5, 0.6) is 11.5 Å². The van der Waals surface area contributed by atoms with Crippen molar-refractivity contribution >= 4 is 5.97 Å². The molecular formula is C12H12O4. The van der Waals surface area contributed by atoms with Gasteiger partial charge in [0.15, 0.2) is 11.5 Å². The first-order chi connectivity index (χ1) is 7.81. The van der Waals surface area contributed by atoms with Crippen LogP contribution in [0.4, 0.5) is 0 Å². The van der Waals surface area contributed by atoms with Crippen LogP contribution >= 0.6 is 0 Å². The second kappa shape index (κ2) is 4.70. The van der Waals surface area contributed by atoms with Gasteiger partial charge in [-0.3, -0.25) is 0 Å². The summed E-state index contributed by atoms with van der Waals surface area (Å²) in [6.45, 7) is 2.35. The van der Waals surface area contributed by atoms with Crippen molar-refractivity contribution in [3.05, 3.63) is 35.9 Å². The largest absolute Gasteiger partial charge is 0.458 e. The zero-order valence-electron chi connectivity index (χ0n) is 8.93. The van der Waals surface area contributed by atoms with E-state index >= 15 is 0 Å². The lowest BCUT2D eigenvalue weighted by Crippen LogP contribution is -2.04. The van der Waals surface area contributed by atoms with Crippen LogP contribution in [0, 0.1) is 0 Å². The highest BCUT2D eigenvalue weighted by Gasteiger charge is 2.16. The van der Waals surface area contributed by atoms with Crippen LogP contribution in [0.15, 0.2) is 30.4 Å². The van der Waals surface area contributed by atoms with Gasteiger partial charge in [0.2, 0.25) is 6.79 Å². The molecule has 0 fully saturated rings. The number of carbonyl (C=O) groups is 1. The van der Waals surface area contributed by atoms with Crippen molar-refractivity contribution in [1.82, 2.24) is 0 Å². The van der Waals surface area contributed by atoms with Crippen molar-refractivity contribution in [3.8, 4) is 11.5 Å². The van der Waals surface area contributed by atoms with E-state index in [2.05, 4.69) is 0 Å². The maximum Gasteiger partial charge on any atom is 0.338 e. The van der Waals surface area contributed by atoms with Crippen LogP contribution in [0.3, 0.4) is 0 Å². The predicted molar refractivity (Wildman–Crippen MR) is 57.7 cm³/mol. The number of hydrogen-bond donors (Lipinski definition) is 0. The van der Waals surface area contributed by atoms with Gasteiger partial charge in [-0.2, -0.15) is 0 Å². The third kappa shape index (κ3) is 2.16. The molecule has 0 N–H and O–H groups in total. The first kappa shape index (κ1) is 10.5. The van der Waals surface area contributed by atoms with Gasteiger partial charge in [0.1, 0.15) is 6.61 Å². The molecular weight excluding hydrogens is 208 g/mol. The molecule has 4 heteroatoms. The Labute approximate surface area is 93.4 Å². The third-order valence-corrected chi connectivity index (χ3v) is 2.15. The van der Waals surface area contributed by atoms with Gasteiger partial charge in [0.25, 0.3) is 0 Å². The van der Waals surface area contributed by atoms with Crippen LogP contribution in [0.2, 0.25) is 0 Å². The number of rotatable bonds is 3. The smallest absolute Gasteiger partial charge is 0.338 e. The molecule has 0 unspecified atom stereocenters. The standard InChI is InChI=1S/C12H12O4/c1-2-3-6-14-12(13)9-4-5-10-11(7-9)16-8-15-10/h2-5,7H,6,8H2,1H3. The minimum atomic E-state index is -0.364. The van der Waals surface area contributed by atoms with Crippen LogP contribution in [-0.4, -0.2) is 19.4 Å². The van der Waals surface area contributed by atoms with E-state index in [9.17, 15) is 4.79 Å². The highest BCUT2D eigenvalue weighted by molar-refractivity contribution is 5.90. The van der Waals surface area contributed by atoms with Gasteiger partial charge in [0, 0.05) is 0 Å². The fourth-order valence-electron chi connectivity index (χ4n) is 1.33. The molecule has 1 aromatic rings. The van der Waals surface area contributed by atoms with Crippen molar-refractivity contribution in [1.29, 1.82) is 0 Å². The molecule has 1 aliphatic heterocycles. The maximum atomic E-state index is 11.6. The number of allylic oxidation sites excluding steroid dienone is 1. The SMILES string of the molecule is CC=CCOC(=O)c1ccc2c(c1)OCO2. The zero-order valence-corrected chi connectivity index (χ0v) is 8.93. The molecule has 4 nitrogen and oxygen atoms in total. The van der Waals surface area contributed by atoms with Gasteiger partial charge in [-0.25, -0.2) is 4.79 Å². The van der Waals surface area contributed by atoms with Crippen molar-refractivity contribution in [2.75, 3.05) is 13.4 Å². The molecule has 0 aromatic heterocycles. The summed E-state index contributed by atoms with van der Waals surface area (Å²) >= 11 is 0. The van der Waals surface area contributed by atoms with E-state index in [0.29, 0.717) is 17.1 Å². The fraction of sp³-hybridized carbons (Fsp3) is 0.250. The van der Waals surface area contributed by atoms with Crippen molar-refractivity contribution in [2.45, 2.75) is 6.92 Å². The molecule has 84 valence electrons. The number of carbonyl (C=O) groups excluding carboxylic acids is 1. The lowest BCUT2D eigenvalue weighted by atomic mass is 10.2. The summed E-state index contributed by atoms with van der Waals surface area (Å²) in [5.74, 6) is 0.877. The first-order valence-electron chi connectivity index (χ1n) is 4.99. The van der Waals surface area contributed by atoms with Gasteiger partial charge in [-0.05, 0) is 25.1 Å². The molecule has 0 amide bonds. The number of hydrogen-bond acceptors (Lipinski definition) is 4. The Morgan fingerprint density at radius 2 is 2.25 bits per heavy atom. The van der Waals surface area contributed by atoms with Crippen molar-refractivity contribution in [2.24, 2.45) is 0 Å². The van der Waals surface area contributed by atoms with Gasteiger partial charge in [-0.1, -0.05) is 12.2 Å². The number of esters is 1. The van der Waals surface area contributed by atoms with Crippen molar-refractivity contribution in [3.63, 3.8) is 0 Å².